The summed E-state index contributed by atoms with van der Waals surface area (Å²) in [6, 6.07) is 8.46. The predicted octanol–water partition coefficient (Wildman–Crippen LogP) is 3.18. The monoisotopic (exact) mass is 289 g/mol. The molecule has 0 aromatic heterocycles. The molecule has 0 bridgehead atoms. The van der Waals surface area contributed by atoms with Gasteiger partial charge in [-0.25, -0.2) is 0 Å². The van der Waals surface area contributed by atoms with Crippen LogP contribution >= 0.6 is 11.6 Å². The lowest BCUT2D eigenvalue weighted by atomic mass is 9.73. The van der Waals surface area contributed by atoms with Crippen LogP contribution < -0.4 is 10.2 Å². The quantitative estimate of drug-likeness (QED) is 0.863. The number of anilines is 1. The zero-order valence-corrected chi connectivity index (χ0v) is 12.6. The van der Waals surface area contributed by atoms with Gasteiger partial charge in [0, 0.05) is 18.3 Å². The van der Waals surface area contributed by atoms with E-state index in [9.17, 15) is 0 Å². The number of benzene rings is 1. The maximum atomic E-state index is 8.97. The lowest BCUT2D eigenvalue weighted by Crippen LogP contribution is -2.44. The summed E-state index contributed by atoms with van der Waals surface area (Å²) in [4.78, 5) is 2.46. The van der Waals surface area contributed by atoms with Crippen LogP contribution in [-0.4, -0.2) is 25.7 Å². The molecule has 0 aliphatic carbocycles. The number of halogens is 1. The fourth-order valence-electron chi connectivity index (χ4n) is 3.79. The normalized spacial score (nSPS) is 24.9. The highest BCUT2D eigenvalue weighted by Crippen LogP contribution is 2.45. The SMILES string of the molecule is C[C@@H]1N(c2ccc(C#N)c(Cl)c2)CCC12CCNCC2. The van der Waals surface area contributed by atoms with Gasteiger partial charge in [-0.15, -0.1) is 0 Å². The van der Waals surface area contributed by atoms with E-state index < -0.39 is 0 Å². The van der Waals surface area contributed by atoms with Gasteiger partial charge in [-0.05, 0) is 62.9 Å². The Morgan fingerprint density at radius 3 is 2.75 bits per heavy atom. The Balaban J connectivity index is 1.85. The molecule has 106 valence electrons. The average molecular weight is 290 g/mol. The van der Waals surface area contributed by atoms with E-state index in [0.29, 0.717) is 22.0 Å². The summed E-state index contributed by atoms with van der Waals surface area (Å²) in [5, 5.41) is 13.0. The summed E-state index contributed by atoms with van der Waals surface area (Å²) in [6.07, 6.45) is 3.77. The highest BCUT2D eigenvalue weighted by Gasteiger charge is 2.45. The number of hydrogen-bond acceptors (Lipinski definition) is 3. The molecule has 1 spiro atoms. The second-order valence-electron chi connectivity index (χ2n) is 6.01. The lowest BCUT2D eigenvalue weighted by molar-refractivity contribution is 0.191. The zero-order valence-electron chi connectivity index (χ0n) is 11.8. The van der Waals surface area contributed by atoms with Crippen molar-refractivity contribution in [1.82, 2.24) is 5.32 Å². The van der Waals surface area contributed by atoms with Crippen molar-refractivity contribution in [2.24, 2.45) is 5.41 Å². The van der Waals surface area contributed by atoms with Crippen molar-refractivity contribution >= 4 is 17.3 Å². The van der Waals surface area contributed by atoms with Crippen LogP contribution in [0.4, 0.5) is 5.69 Å². The fourth-order valence-corrected chi connectivity index (χ4v) is 4.01. The number of nitrogens with zero attached hydrogens (tertiary/aromatic N) is 2. The molecular formula is C16H20ClN3. The van der Waals surface area contributed by atoms with E-state index in [1.807, 2.05) is 18.2 Å². The van der Waals surface area contributed by atoms with Crippen molar-refractivity contribution in [3.05, 3.63) is 28.8 Å². The largest absolute Gasteiger partial charge is 0.368 e. The number of rotatable bonds is 1. The van der Waals surface area contributed by atoms with Crippen molar-refractivity contribution < 1.29 is 0 Å². The van der Waals surface area contributed by atoms with Crippen LogP contribution in [0.5, 0.6) is 0 Å². The van der Waals surface area contributed by atoms with Crippen LogP contribution in [0.3, 0.4) is 0 Å². The zero-order chi connectivity index (χ0) is 14.2. The van der Waals surface area contributed by atoms with Crippen molar-refractivity contribution in [2.75, 3.05) is 24.5 Å². The van der Waals surface area contributed by atoms with Gasteiger partial charge >= 0.3 is 0 Å². The molecule has 2 heterocycles. The lowest BCUT2D eigenvalue weighted by Gasteiger charge is -2.40. The maximum Gasteiger partial charge on any atom is 0.101 e. The first kappa shape index (κ1) is 13.7. The van der Waals surface area contributed by atoms with Gasteiger partial charge in [-0.1, -0.05) is 11.6 Å². The summed E-state index contributed by atoms with van der Waals surface area (Å²) in [6.45, 7) is 5.69. The van der Waals surface area contributed by atoms with E-state index in [0.717, 1.165) is 25.3 Å². The molecule has 2 aliphatic rings. The molecule has 2 saturated heterocycles. The van der Waals surface area contributed by atoms with Crippen LogP contribution in [0.25, 0.3) is 0 Å². The molecule has 0 saturated carbocycles. The van der Waals surface area contributed by atoms with E-state index >= 15 is 0 Å². The molecule has 0 unspecified atom stereocenters. The molecule has 1 aromatic rings. The Bertz CT molecular complexity index is 543. The fraction of sp³-hybridized carbons (Fsp3) is 0.562. The minimum absolute atomic E-state index is 0.450. The second-order valence-corrected chi connectivity index (χ2v) is 6.41. The molecule has 3 nitrogen and oxygen atoms in total. The van der Waals surface area contributed by atoms with Crippen LogP contribution in [0.1, 0.15) is 31.7 Å². The molecule has 0 amide bonds. The Morgan fingerprint density at radius 1 is 1.35 bits per heavy atom. The first-order valence-corrected chi connectivity index (χ1v) is 7.71. The van der Waals surface area contributed by atoms with Crippen molar-refractivity contribution in [3.63, 3.8) is 0 Å². The number of hydrogen-bond donors (Lipinski definition) is 1. The molecule has 0 radical (unpaired) electrons. The average Bonchev–Trinajstić information content (AvgIpc) is 2.77. The van der Waals surface area contributed by atoms with Crippen molar-refractivity contribution in [1.29, 1.82) is 5.26 Å². The molecule has 1 atom stereocenters. The van der Waals surface area contributed by atoms with Crippen LogP contribution in [-0.2, 0) is 0 Å². The van der Waals surface area contributed by atoms with Gasteiger partial charge in [-0.3, -0.25) is 0 Å². The van der Waals surface area contributed by atoms with Gasteiger partial charge in [0.1, 0.15) is 6.07 Å². The first-order valence-electron chi connectivity index (χ1n) is 7.33. The van der Waals surface area contributed by atoms with E-state index in [-0.39, 0.29) is 0 Å². The van der Waals surface area contributed by atoms with Gasteiger partial charge in [0.05, 0.1) is 10.6 Å². The maximum absolute atomic E-state index is 8.97. The summed E-state index contributed by atoms with van der Waals surface area (Å²) in [5.41, 5.74) is 2.15. The van der Waals surface area contributed by atoms with E-state index in [1.54, 1.807) is 0 Å². The Labute approximate surface area is 125 Å². The van der Waals surface area contributed by atoms with Gasteiger partial charge in [0.2, 0.25) is 0 Å². The molecule has 1 aromatic carbocycles. The highest BCUT2D eigenvalue weighted by atomic mass is 35.5. The summed E-state index contributed by atoms with van der Waals surface area (Å²) in [7, 11) is 0. The molecule has 2 fully saturated rings. The predicted molar refractivity (Wildman–Crippen MR) is 82.1 cm³/mol. The Hall–Kier alpha value is -1.24. The third kappa shape index (κ3) is 2.17. The Morgan fingerprint density at radius 2 is 2.10 bits per heavy atom. The number of piperidine rings is 1. The molecule has 1 N–H and O–H groups in total. The third-order valence-corrected chi connectivity index (χ3v) is 5.52. The molecule has 20 heavy (non-hydrogen) atoms. The smallest absolute Gasteiger partial charge is 0.101 e. The van der Waals surface area contributed by atoms with Crippen LogP contribution in [0.2, 0.25) is 5.02 Å². The highest BCUT2D eigenvalue weighted by molar-refractivity contribution is 6.32. The van der Waals surface area contributed by atoms with Gasteiger partial charge in [0.25, 0.3) is 0 Å². The summed E-state index contributed by atoms with van der Waals surface area (Å²) < 4.78 is 0. The van der Waals surface area contributed by atoms with Crippen molar-refractivity contribution in [2.45, 2.75) is 32.2 Å². The summed E-state index contributed by atoms with van der Waals surface area (Å²) in [5.74, 6) is 0. The first-order chi connectivity index (χ1) is 9.66. The van der Waals surface area contributed by atoms with Gasteiger partial charge in [-0.2, -0.15) is 5.26 Å². The van der Waals surface area contributed by atoms with Crippen LogP contribution in [0.15, 0.2) is 18.2 Å². The molecule has 2 aliphatic heterocycles. The van der Waals surface area contributed by atoms with Crippen molar-refractivity contribution in [3.8, 4) is 6.07 Å². The van der Waals surface area contributed by atoms with E-state index in [1.165, 1.54) is 19.3 Å². The second kappa shape index (κ2) is 5.27. The van der Waals surface area contributed by atoms with Crippen LogP contribution in [0, 0.1) is 16.7 Å². The molecule has 4 heteroatoms. The minimum Gasteiger partial charge on any atom is -0.368 e. The Kier molecular flexibility index (Phi) is 3.62. The van der Waals surface area contributed by atoms with Gasteiger partial charge < -0.3 is 10.2 Å². The minimum atomic E-state index is 0.450. The number of nitrogens with one attached hydrogen (secondary N) is 1. The van der Waals surface area contributed by atoms with E-state index in [4.69, 9.17) is 16.9 Å². The third-order valence-electron chi connectivity index (χ3n) is 5.21. The standard InChI is InChI=1S/C16H20ClN3/c1-12-16(4-7-19-8-5-16)6-9-20(12)14-3-2-13(11-18)15(17)10-14/h2-3,10,12,19H,4-9H2,1H3/t12-/m0/s1. The molecular weight excluding hydrogens is 270 g/mol. The molecule has 3 rings (SSSR count). The summed E-state index contributed by atoms with van der Waals surface area (Å²) >= 11 is 6.17. The van der Waals surface area contributed by atoms with Gasteiger partial charge in [0.15, 0.2) is 0 Å². The number of nitriles is 1. The van der Waals surface area contributed by atoms with E-state index in [2.05, 4.69) is 23.2 Å². The topological polar surface area (TPSA) is 39.1 Å².